The molecule has 1 N–H and O–H groups in total. The first-order chi connectivity index (χ1) is 8.36. The van der Waals surface area contributed by atoms with Gasteiger partial charge in [-0.1, -0.05) is 15.9 Å². The molecule has 0 aliphatic rings. The summed E-state index contributed by atoms with van der Waals surface area (Å²) < 4.78 is 54.8. The molecule has 1 aromatic rings. The molecule has 0 aliphatic carbocycles. The van der Waals surface area contributed by atoms with Crippen LogP contribution in [-0.4, -0.2) is 26.0 Å². The SMILES string of the molecule is COc1ccc(Br)c(CNCC(F)(F)C(F)F)c1. The summed E-state index contributed by atoms with van der Waals surface area (Å²) in [5.41, 5.74) is 0.652. The summed E-state index contributed by atoms with van der Waals surface area (Å²) >= 11 is 3.24. The van der Waals surface area contributed by atoms with Crippen LogP contribution in [0.4, 0.5) is 17.6 Å². The summed E-state index contributed by atoms with van der Waals surface area (Å²) in [6.07, 6.45) is -3.67. The molecule has 0 saturated heterocycles. The Balaban J connectivity index is 2.58. The summed E-state index contributed by atoms with van der Waals surface area (Å²) in [6, 6.07) is 5.03. The average Bonchev–Trinajstić information content (AvgIpc) is 2.31. The van der Waals surface area contributed by atoms with E-state index >= 15 is 0 Å². The van der Waals surface area contributed by atoms with Gasteiger partial charge in [-0.15, -0.1) is 0 Å². The second kappa shape index (κ2) is 6.38. The van der Waals surface area contributed by atoms with E-state index in [1.165, 1.54) is 7.11 Å². The van der Waals surface area contributed by atoms with Crippen LogP contribution in [0.1, 0.15) is 5.56 Å². The molecular formula is C11H12BrF4NO. The van der Waals surface area contributed by atoms with Crippen LogP contribution in [0.5, 0.6) is 5.75 Å². The monoisotopic (exact) mass is 329 g/mol. The minimum absolute atomic E-state index is 0.0418. The summed E-state index contributed by atoms with van der Waals surface area (Å²) in [5, 5.41) is 2.30. The average molecular weight is 330 g/mol. The molecule has 0 unspecified atom stereocenters. The molecule has 0 aromatic heterocycles. The zero-order chi connectivity index (χ0) is 13.8. The number of rotatable bonds is 6. The van der Waals surface area contributed by atoms with Crippen molar-refractivity contribution in [1.82, 2.24) is 5.32 Å². The van der Waals surface area contributed by atoms with Gasteiger partial charge < -0.3 is 10.1 Å². The zero-order valence-electron chi connectivity index (χ0n) is 9.52. The Hall–Kier alpha value is -0.820. The lowest BCUT2D eigenvalue weighted by atomic mass is 10.2. The lowest BCUT2D eigenvalue weighted by Crippen LogP contribution is -2.38. The third-order valence-corrected chi connectivity index (χ3v) is 3.02. The van der Waals surface area contributed by atoms with Gasteiger partial charge in [-0.2, -0.15) is 8.78 Å². The molecule has 1 rings (SSSR count). The Morgan fingerprint density at radius 2 is 2.06 bits per heavy atom. The lowest BCUT2D eigenvalue weighted by Gasteiger charge is -2.16. The van der Waals surface area contributed by atoms with Gasteiger partial charge in [0.15, 0.2) is 0 Å². The smallest absolute Gasteiger partial charge is 0.319 e. The molecular weight excluding hydrogens is 318 g/mol. The maximum atomic E-state index is 12.6. The first-order valence-electron chi connectivity index (χ1n) is 5.06. The van der Waals surface area contributed by atoms with Crippen LogP contribution < -0.4 is 10.1 Å². The minimum atomic E-state index is -4.02. The highest BCUT2D eigenvalue weighted by Crippen LogP contribution is 2.24. The van der Waals surface area contributed by atoms with Crippen molar-refractivity contribution in [3.63, 3.8) is 0 Å². The van der Waals surface area contributed by atoms with Gasteiger partial charge in [0.1, 0.15) is 5.75 Å². The Kier molecular flexibility index (Phi) is 5.40. The number of hydrogen-bond acceptors (Lipinski definition) is 2. The molecule has 0 saturated carbocycles. The fourth-order valence-corrected chi connectivity index (χ4v) is 1.64. The van der Waals surface area contributed by atoms with Crippen molar-refractivity contribution in [2.45, 2.75) is 18.9 Å². The number of halogens is 5. The van der Waals surface area contributed by atoms with Crippen molar-refractivity contribution in [3.8, 4) is 5.75 Å². The molecule has 0 fully saturated rings. The van der Waals surface area contributed by atoms with E-state index in [1.54, 1.807) is 18.2 Å². The topological polar surface area (TPSA) is 21.3 Å². The van der Waals surface area contributed by atoms with Gasteiger partial charge in [-0.25, -0.2) is 8.78 Å². The Morgan fingerprint density at radius 1 is 1.39 bits per heavy atom. The lowest BCUT2D eigenvalue weighted by molar-refractivity contribution is -0.125. The molecule has 0 amide bonds. The van der Waals surface area contributed by atoms with Gasteiger partial charge in [-0.3, -0.25) is 0 Å². The van der Waals surface area contributed by atoms with E-state index < -0.39 is 18.9 Å². The molecule has 0 atom stereocenters. The predicted octanol–water partition coefficient (Wildman–Crippen LogP) is 3.45. The number of alkyl halides is 4. The molecule has 18 heavy (non-hydrogen) atoms. The first-order valence-corrected chi connectivity index (χ1v) is 5.85. The Bertz CT molecular complexity index is 401. The number of ether oxygens (including phenoxy) is 1. The first kappa shape index (κ1) is 15.2. The predicted molar refractivity (Wildman–Crippen MR) is 63.4 cm³/mol. The van der Waals surface area contributed by atoms with E-state index in [2.05, 4.69) is 21.2 Å². The molecule has 7 heteroatoms. The van der Waals surface area contributed by atoms with E-state index in [-0.39, 0.29) is 6.54 Å². The van der Waals surface area contributed by atoms with Crippen LogP contribution in [-0.2, 0) is 6.54 Å². The van der Waals surface area contributed by atoms with E-state index in [0.717, 1.165) is 0 Å². The number of benzene rings is 1. The fraction of sp³-hybridized carbons (Fsp3) is 0.455. The third-order valence-electron chi connectivity index (χ3n) is 2.25. The van der Waals surface area contributed by atoms with Crippen molar-refractivity contribution in [3.05, 3.63) is 28.2 Å². The molecule has 0 spiro atoms. The molecule has 0 heterocycles. The van der Waals surface area contributed by atoms with Crippen molar-refractivity contribution >= 4 is 15.9 Å². The highest BCUT2D eigenvalue weighted by atomic mass is 79.9. The Labute approximate surface area is 110 Å². The second-order valence-corrected chi connectivity index (χ2v) is 4.48. The highest BCUT2D eigenvalue weighted by molar-refractivity contribution is 9.10. The summed E-state index contributed by atoms with van der Waals surface area (Å²) in [7, 11) is 1.48. The Morgan fingerprint density at radius 3 is 2.61 bits per heavy atom. The molecule has 0 bridgehead atoms. The van der Waals surface area contributed by atoms with Crippen LogP contribution in [0.2, 0.25) is 0 Å². The van der Waals surface area contributed by atoms with Crippen molar-refractivity contribution < 1.29 is 22.3 Å². The summed E-state index contributed by atoms with van der Waals surface area (Å²) in [4.78, 5) is 0. The van der Waals surface area contributed by atoms with Crippen molar-refractivity contribution in [2.75, 3.05) is 13.7 Å². The van der Waals surface area contributed by atoms with Gasteiger partial charge in [0, 0.05) is 11.0 Å². The van der Waals surface area contributed by atoms with Crippen LogP contribution in [0.3, 0.4) is 0 Å². The number of hydrogen-bond donors (Lipinski definition) is 1. The number of methoxy groups -OCH3 is 1. The fourth-order valence-electron chi connectivity index (χ4n) is 1.25. The van der Waals surface area contributed by atoms with Gasteiger partial charge in [0.25, 0.3) is 0 Å². The standard InChI is InChI=1S/C11H12BrF4NO/c1-18-8-2-3-9(12)7(4-8)5-17-6-11(15,16)10(13)14/h2-4,10,17H,5-6H2,1H3. The quantitative estimate of drug-likeness (QED) is 0.807. The molecule has 2 nitrogen and oxygen atoms in total. The maximum Gasteiger partial charge on any atom is 0.319 e. The van der Waals surface area contributed by atoms with Gasteiger partial charge in [0.05, 0.1) is 13.7 Å². The van der Waals surface area contributed by atoms with E-state index in [0.29, 0.717) is 15.8 Å². The van der Waals surface area contributed by atoms with Crippen molar-refractivity contribution in [2.24, 2.45) is 0 Å². The third kappa shape index (κ3) is 4.13. The van der Waals surface area contributed by atoms with Crippen LogP contribution in [0, 0.1) is 0 Å². The van der Waals surface area contributed by atoms with Gasteiger partial charge in [-0.05, 0) is 23.8 Å². The van der Waals surface area contributed by atoms with E-state index in [1.807, 2.05) is 0 Å². The van der Waals surface area contributed by atoms with E-state index in [4.69, 9.17) is 4.74 Å². The molecule has 102 valence electrons. The van der Waals surface area contributed by atoms with Gasteiger partial charge in [0.2, 0.25) is 0 Å². The van der Waals surface area contributed by atoms with Crippen LogP contribution in [0.15, 0.2) is 22.7 Å². The van der Waals surface area contributed by atoms with Crippen LogP contribution >= 0.6 is 15.9 Å². The van der Waals surface area contributed by atoms with E-state index in [9.17, 15) is 17.6 Å². The largest absolute Gasteiger partial charge is 0.497 e. The molecule has 0 aliphatic heterocycles. The zero-order valence-corrected chi connectivity index (χ0v) is 11.1. The summed E-state index contributed by atoms with van der Waals surface area (Å²) in [6.45, 7) is -1.03. The number of nitrogens with one attached hydrogen (secondary N) is 1. The summed E-state index contributed by atoms with van der Waals surface area (Å²) in [5.74, 6) is -3.46. The molecule has 1 aromatic carbocycles. The minimum Gasteiger partial charge on any atom is -0.497 e. The normalized spacial score (nSPS) is 11.9. The second-order valence-electron chi connectivity index (χ2n) is 3.62. The van der Waals surface area contributed by atoms with Gasteiger partial charge >= 0.3 is 12.3 Å². The van der Waals surface area contributed by atoms with Crippen molar-refractivity contribution in [1.29, 1.82) is 0 Å². The van der Waals surface area contributed by atoms with Crippen LogP contribution in [0.25, 0.3) is 0 Å². The highest BCUT2D eigenvalue weighted by Gasteiger charge is 2.39. The molecule has 0 radical (unpaired) electrons. The maximum absolute atomic E-state index is 12.6.